The number of methoxy groups -OCH3 is 1. The SMILES string of the molecule is C=C(C)/C(=C\OC)C(=O)NC(C(=O)Nc1ccc(C2CCCCC2)cc1)C1CCCCCCC1. The third-order valence-electron chi connectivity index (χ3n) is 7.39. The largest absolute Gasteiger partial charge is 0.504 e. The predicted octanol–water partition coefficient (Wildman–Crippen LogP) is 6.62. The van der Waals surface area contributed by atoms with E-state index in [1.807, 2.05) is 12.1 Å². The molecule has 3 rings (SSSR count). The number of carbonyl (C=O) groups excluding carboxylic acids is 2. The van der Waals surface area contributed by atoms with Crippen molar-refractivity contribution < 1.29 is 14.3 Å². The van der Waals surface area contributed by atoms with Crippen molar-refractivity contribution in [3.05, 3.63) is 53.8 Å². The topological polar surface area (TPSA) is 67.4 Å². The standard InChI is InChI=1S/C29H42N2O3/c1-21(2)26(20-34-3)28(32)31-27(24-14-8-5-4-6-9-15-24)29(33)30-25-18-16-23(17-19-25)22-12-10-7-11-13-22/h16-20,22,24,27H,1,4-15H2,2-3H3,(H,30,33)(H,31,32)/b26-20+. The van der Waals surface area contributed by atoms with E-state index in [9.17, 15) is 9.59 Å². The number of nitrogens with one attached hydrogen (secondary N) is 2. The summed E-state index contributed by atoms with van der Waals surface area (Å²) >= 11 is 0. The fraction of sp³-hybridized carbons (Fsp3) is 0.586. The maximum Gasteiger partial charge on any atom is 0.255 e. The van der Waals surface area contributed by atoms with Crippen LogP contribution in [0.3, 0.4) is 0 Å². The lowest BCUT2D eigenvalue weighted by Gasteiger charge is -2.29. The van der Waals surface area contributed by atoms with Crippen molar-refractivity contribution in [2.75, 3.05) is 12.4 Å². The van der Waals surface area contributed by atoms with E-state index >= 15 is 0 Å². The summed E-state index contributed by atoms with van der Waals surface area (Å²) in [6.07, 6.45) is 15.5. The van der Waals surface area contributed by atoms with Crippen molar-refractivity contribution in [3.8, 4) is 0 Å². The Bertz CT molecular complexity index is 845. The Morgan fingerprint density at radius 1 is 0.941 bits per heavy atom. The molecule has 0 saturated heterocycles. The van der Waals surface area contributed by atoms with Gasteiger partial charge in [0, 0.05) is 5.69 Å². The fourth-order valence-corrected chi connectivity index (χ4v) is 5.40. The fourth-order valence-electron chi connectivity index (χ4n) is 5.40. The van der Waals surface area contributed by atoms with E-state index in [4.69, 9.17) is 4.74 Å². The van der Waals surface area contributed by atoms with Crippen molar-refractivity contribution in [1.29, 1.82) is 0 Å². The van der Waals surface area contributed by atoms with Crippen molar-refractivity contribution in [2.24, 2.45) is 5.92 Å². The molecule has 34 heavy (non-hydrogen) atoms. The summed E-state index contributed by atoms with van der Waals surface area (Å²) in [4.78, 5) is 26.5. The molecule has 2 amide bonds. The first kappa shape index (κ1) is 26.1. The molecule has 186 valence electrons. The maximum atomic E-state index is 13.5. The summed E-state index contributed by atoms with van der Waals surface area (Å²) in [5.41, 5.74) is 3.11. The van der Waals surface area contributed by atoms with E-state index in [1.54, 1.807) is 6.92 Å². The number of carbonyl (C=O) groups is 2. The summed E-state index contributed by atoms with van der Waals surface area (Å²) in [6.45, 7) is 5.66. The molecule has 0 bridgehead atoms. The number of anilines is 1. The van der Waals surface area contributed by atoms with Gasteiger partial charge in [-0.3, -0.25) is 9.59 Å². The minimum atomic E-state index is -0.594. The zero-order valence-corrected chi connectivity index (χ0v) is 21.0. The van der Waals surface area contributed by atoms with Gasteiger partial charge in [-0.1, -0.05) is 70.1 Å². The average Bonchev–Trinajstić information content (AvgIpc) is 2.82. The van der Waals surface area contributed by atoms with Gasteiger partial charge < -0.3 is 15.4 Å². The highest BCUT2D eigenvalue weighted by atomic mass is 16.5. The van der Waals surface area contributed by atoms with Gasteiger partial charge in [0.1, 0.15) is 6.04 Å². The molecular formula is C29H42N2O3. The van der Waals surface area contributed by atoms with Crippen LogP contribution < -0.4 is 10.6 Å². The van der Waals surface area contributed by atoms with Crippen LogP contribution in [0.1, 0.15) is 95.5 Å². The van der Waals surface area contributed by atoms with Crippen LogP contribution in [0.15, 0.2) is 48.3 Å². The molecule has 5 heteroatoms. The first-order valence-electron chi connectivity index (χ1n) is 13.1. The smallest absolute Gasteiger partial charge is 0.255 e. The van der Waals surface area contributed by atoms with Crippen LogP contribution in [0.4, 0.5) is 5.69 Å². The molecule has 2 N–H and O–H groups in total. The minimum absolute atomic E-state index is 0.111. The van der Waals surface area contributed by atoms with E-state index in [0.29, 0.717) is 17.1 Å². The molecule has 2 saturated carbocycles. The average molecular weight is 467 g/mol. The van der Waals surface area contributed by atoms with Crippen molar-refractivity contribution in [1.82, 2.24) is 5.32 Å². The summed E-state index contributed by atoms with van der Waals surface area (Å²) in [7, 11) is 1.51. The summed E-state index contributed by atoms with van der Waals surface area (Å²) in [5, 5.41) is 6.11. The summed E-state index contributed by atoms with van der Waals surface area (Å²) in [5.74, 6) is 0.278. The van der Waals surface area contributed by atoms with E-state index in [1.165, 1.54) is 70.3 Å². The molecule has 2 aliphatic rings. The van der Waals surface area contributed by atoms with Crippen LogP contribution >= 0.6 is 0 Å². The molecule has 5 nitrogen and oxygen atoms in total. The van der Waals surface area contributed by atoms with Gasteiger partial charge in [0.25, 0.3) is 5.91 Å². The lowest BCUT2D eigenvalue weighted by Crippen LogP contribution is -2.49. The van der Waals surface area contributed by atoms with E-state index in [-0.39, 0.29) is 17.7 Å². The second-order valence-corrected chi connectivity index (χ2v) is 10.1. The predicted molar refractivity (Wildman–Crippen MR) is 139 cm³/mol. The van der Waals surface area contributed by atoms with Gasteiger partial charge in [-0.15, -0.1) is 0 Å². The molecule has 1 aromatic carbocycles. The van der Waals surface area contributed by atoms with Crippen LogP contribution in [0, 0.1) is 5.92 Å². The molecular weight excluding hydrogens is 424 g/mol. The lowest BCUT2D eigenvalue weighted by atomic mass is 9.84. The maximum absolute atomic E-state index is 13.5. The van der Waals surface area contributed by atoms with Gasteiger partial charge >= 0.3 is 0 Å². The molecule has 0 aliphatic heterocycles. The van der Waals surface area contributed by atoms with Crippen LogP contribution in [-0.4, -0.2) is 25.0 Å². The van der Waals surface area contributed by atoms with Crippen LogP contribution in [0.25, 0.3) is 0 Å². The number of amides is 2. The number of benzene rings is 1. The van der Waals surface area contributed by atoms with Gasteiger partial charge in [-0.2, -0.15) is 0 Å². The number of hydrogen-bond donors (Lipinski definition) is 2. The summed E-state index contributed by atoms with van der Waals surface area (Å²) < 4.78 is 5.08. The molecule has 0 aromatic heterocycles. The summed E-state index contributed by atoms with van der Waals surface area (Å²) in [6, 6.07) is 7.71. The van der Waals surface area contributed by atoms with Crippen molar-refractivity contribution in [3.63, 3.8) is 0 Å². The first-order valence-corrected chi connectivity index (χ1v) is 13.1. The minimum Gasteiger partial charge on any atom is -0.504 e. The number of rotatable bonds is 8. The van der Waals surface area contributed by atoms with Gasteiger partial charge in [0.15, 0.2) is 0 Å². The van der Waals surface area contributed by atoms with Crippen molar-refractivity contribution >= 4 is 17.5 Å². The molecule has 1 atom stereocenters. The number of hydrogen-bond acceptors (Lipinski definition) is 3. The highest BCUT2D eigenvalue weighted by molar-refractivity contribution is 6.02. The van der Waals surface area contributed by atoms with Crippen LogP contribution in [0.5, 0.6) is 0 Å². The van der Waals surface area contributed by atoms with Gasteiger partial charge in [-0.25, -0.2) is 0 Å². The molecule has 1 unspecified atom stereocenters. The second-order valence-electron chi connectivity index (χ2n) is 10.1. The third kappa shape index (κ3) is 7.48. The quantitative estimate of drug-likeness (QED) is 0.257. The molecule has 2 fully saturated rings. The zero-order chi connectivity index (χ0) is 24.3. The van der Waals surface area contributed by atoms with Gasteiger partial charge in [0.2, 0.25) is 5.91 Å². The van der Waals surface area contributed by atoms with E-state index in [2.05, 4.69) is 29.3 Å². The highest BCUT2D eigenvalue weighted by Crippen LogP contribution is 2.33. The molecule has 2 aliphatic carbocycles. The third-order valence-corrected chi connectivity index (χ3v) is 7.39. The Hall–Kier alpha value is -2.56. The van der Waals surface area contributed by atoms with E-state index in [0.717, 1.165) is 31.4 Å². The molecule has 0 spiro atoms. The Morgan fingerprint density at radius 2 is 1.50 bits per heavy atom. The first-order chi connectivity index (χ1) is 16.5. The Kier molecular flexibility index (Phi) is 10.2. The highest BCUT2D eigenvalue weighted by Gasteiger charge is 2.31. The Morgan fingerprint density at radius 3 is 2.09 bits per heavy atom. The molecule has 0 heterocycles. The van der Waals surface area contributed by atoms with Gasteiger partial charge in [0.05, 0.1) is 18.9 Å². The Labute approximate surface area is 205 Å². The monoisotopic (exact) mass is 466 g/mol. The van der Waals surface area contributed by atoms with Crippen LogP contribution in [-0.2, 0) is 14.3 Å². The molecule has 0 radical (unpaired) electrons. The van der Waals surface area contributed by atoms with Crippen molar-refractivity contribution in [2.45, 2.75) is 95.9 Å². The zero-order valence-electron chi connectivity index (χ0n) is 21.0. The molecule has 1 aromatic rings. The Balaban J connectivity index is 1.74. The van der Waals surface area contributed by atoms with E-state index < -0.39 is 6.04 Å². The number of ether oxygens (including phenoxy) is 1. The second kappa shape index (κ2) is 13.4. The van der Waals surface area contributed by atoms with Gasteiger partial charge in [-0.05, 0) is 67.7 Å². The van der Waals surface area contributed by atoms with Crippen LogP contribution in [0.2, 0.25) is 0 Å². The normalized spacial score (nSPS) is 19.4. The lowest BCUT2D eigenvalue weighted by molar-refractivity contribution is -0.125.